The second-order valence-corrected chi connectivity index (χ2v) is 9.50. The molecule has 0 bridgehead atoms. The molecular weight excluding hydrogens is 394 g/mol. The Hall–Kier alpha value is -1.49. The summed E-state index contributed by atoms with van der Waals surface area (Å²) in [7, 11) is -3.16. The monoisotopic (exact) mass is 420 g/mol. The van der Waals surface area contributed by atoms with Gasteiger partial charge in [0.1, 0.15) is 21.6 Å². The number of phenolic OH excluding ortho intramolecular Hbond substituents is 1. The number of hydrogen-bond donors (Lipinski definition) is 2. The molecule has 0 saturated heterocycles. The highest BCUT2D eigenvalue weighted by Gasteiger charge is 2.26. The first-order valence-corrected chi connectivity index (χ1v) is 11.6. The fourth-order valence-corrected chi connectivity index (χ4v) is 4.79. The molecule has 0 aliphatic heterocycles. The van der Waals surface area contributed by atoms with Crippen molar-refractivity contribution in [3.63, 3.8) is 0 Å². The van der Waals surface area contributed by atoms with Crippen molar-refractivity contribution >= 4 is 27.1 Å². The van der Waals surface area contributed by atoms with Crippen molar-refractivity contribution in [1.82, 2.24) is 4.31 Å². The van der Waals surface area contributed by atoms with Crippen LogP contribution in [-0.4, -0.2) is 61.8 Å². The van der Waals surface area contributed by atoms with E-state index in [0.717, 1.165) is 10.7 Å². The zero-order valence-electron chi connectivity index (χ0n) is 15.2. The van der Waals surface area contributed by atoms with Crippen LogP contribution in [0.25, 0.3) is 0 Å². The summed E-state index contributed by atoms with van der Waals surface area (Å²) in [5.74, 6) is -1.19. The Morgan fingerprint density at radius 1 is 1.19 bits per heavy atom. The van der Waals surface area contributed by atoms with Gasteiger partial charge in [0, 0.05) is 17.8 Å². The maximum absolute atomic E-state index is 11.8. The third kappa shape index (κ3) is 8.83. The first-order valence-electron chi connectivity index (χ1n) is 8.73. The lowest BCUT2D eigenvalue weighted by molar-refractivity contribution is -0.141. The van der Waals surface area contributed by atoms with E-state index in [2.05, 4.69) is 0 Å². The molecule has 0 spiro atoms. The van der Waals surface area contributed by atoms with Gasteiger partial charge in [0.2, 0.25) is 0 Å². The molecule has 2 atom stereocenters. The fourth-order valence-electron chi connectivity index (χ4n) is 2.56. The summed E-state index contributed by atoms with van der Waals surface area (Å²) in [5, 5.41) is 18.7. The van der Waals surface area contributed by atoms with Gasteiger partial charge in [-0.05, 0) is 43.4 Å². The van der Waals surface area contributed by atoms with Gasteiger partial charge in [0.05, 0.1) is 11.5 Å². The first-order chi connectivity index (χ1) is 12.7. The molecule has 0 fully saturated rings. The average Bonchev–Trinajstić information content (AvgIpc) is 2.59. The van der Waals surface area contributed by atoms with E-state index < -0.39 is 33.1 Å². The van der Waals surface area contributed by atoms with Gasteiger partial charge in [0.15, 0.2) is 0 Å². The van der Waals surface area contributed by atoms with Gasteiger partial charge in [-0.15, -0.1) is 0 Å². The maximum atomic E-state index is 11.8. The molecular formula is C17H26NO7S2-. The summed E-state index contributed by atoms with van der Waals surface area (Å²) in [6.07, 6.45) is 1.83. The van der Waals surface area contributed by atoms with E-state index in [1.54, 1.807) is 0 Å². The number of phenols is 1. The Kier molecular flexibility index (Phi) is 9.92. The average molecular weight is 421 g/mol. The molecule has 0 heterocycles. The van der Waals surface area contributed by atoms with Crippen molar-refractivity contribution in [2.24, 2.45) is 0 Å². The third-order valence-electron chi connectivity index (χ3n) is 4.08. The van der Waals surface area contributed by atoms with E-state index in [4.69, 9.17) is 0 Å². The van der Waals surface area contributed by atoms with E-state index in [-0.39, 0.29) is 43.1 Å². The van der Waals surface area contributed by atoms with Crippen LogP contribution in [0.4, 0.5) is 0 Å². The number of benzene rings is 1. The molecule has 1 aromatic carbocycles. The quantitative estimate of drug-likeness (QED) is 0.364. The fraction of sp³-hybridized carbons (Fsp3) is 0.588. The summed E-state index contributed by atoms with van der Waals surface area (Å²) in [5.41, 5.74) is 0.567. The number of hydrogen-bond acceptors (Lipinski definition) is 6. The van der Waals surface area contributed by atoms with Crippen molar-refractivity contribution in [3.8, 4) is 5.75 Å². The van der Waals surface area contributed by atoms with E-state index in [1.165, 1.54) is 24.3 Å². The molecule has 1 aromatic rings. The largest absolute Gasteiger partial charge is 0.760 e. The normalized spacial score (nSPS) is 14.2. The zero-order valence-corrected chi connectivity index (χ0v) is 16.9. The highest BCUT2D eigenvalue weighted by atomic mass is 32.2. The molecule has 0 aliphatic rings. The van der Waals surface area contributed by atoms with Gasteiger partial charge in [-0.1, -0.05) is 25.5 Å². The van der Waals surface area contributed by atoms with Gasteiger partial charge < -0.3 is 14.8 Å². The highest BCUT2D eigenvalue weighted by Crippen LogP contribution is 2.16. The lowest BCUT2D eigenvalue weighted by atomic mass is 10.1. The van der Waals surface area contributed by atoms with E-state index in [0.29, 0.717) is 12.0 Å². The molecule has 8 nitrogen and oxygen atoms in total. The Labute approximate surface area is 162 Å². The summed E-state index contributed by atoms with van der Waals surface area (Å²) in [4.78, 5) is 11.6. The minimum absolute atomic E-state index is 0.0270. The predicted octanol–water partition coefficient (Wildman–Crippen LogP) is 1.48. The van der Waals surface area contributed by atoms with Crippen molar-refractivity contribution in [3.05, 3.63) is 29.8 Å². The van der Waals surface area contributed by atoms with Crippen molar-refractivity contribution in [1.29, 1.82) is 0 Å². The van der Waals surface area contributed by atoms with E-state index in [1.807, 2.05) is 6.92 Å². The van der Waals surface area contributed by atoms with Crippen LogP contribution < -0.4 is 0 Å². The highest BCUT2D eigenvalue weighted by molar-refractivity contribution is 7.91. The lowest BCUT2D eigenvalue weighted by Crippen LogP contribution is -2.44. The molecule has 0 amide bonds. The number of aliphatic carboxylic acids is 1. The van der Waals surface area contributed by atoms with Gasteiger partial charge in [0.25, 0.3) is 0 Å². The van der Waals surface area contributed by atoms with Crippen molar-refractivity contribution in [2.45, 2.75) is 45.1 Å². The Morgan fingerprint density at radius 3 is 2.30 bits per heavy atom. The van der Waals surface area contributed by atoms with Crippen LogP contribution >= 0.6 is 0 Å². The second-order valence-electron chi connectivity index (χ2n) is 6.29. The van der Waals surface area contributed by atoms with Gasteiger partial charge >= 0.3 is 5.97 Å². The molecule has 1 rings (SSSR count). The number of carbonyl (C=O) groups is 1. The second kappa shape index (κ2) is 11.4. The molecule has 0 saturated carbocycles. The van der Waals surface area contributed by atoms with Crippen LogP contribution in [-0.2, 0) is 32.3 Å². The molecule has 0 aliphatic carbocycles. The zero-order chi connectivity index (χ0) is 20.4. The first kappa shape index (κ1) is 23.5. The Bertz CT molecular complexity index is 719. The smallest absolute Gasteiger partial charge is 0.322 e. The summed E-state index contributed by atoms with van der Waals surface area (Å²) >= 11 is -2.76. The lowest BCUT2D eigenvalue weighted by Gasteiger charge is -2.30. The maximum Gasteiger partial charge on any atom is 0.322 e. The number of carboxylic acids is 1. The third-order valence-corrected chi connectivity index (χ3v) is 6.72. The number of unbranched alkanes of at least 4 members (excludes halogenated alkanes) is 2. The Balaban J connectivity index is 2.69. The number of nitrogens with zero attached hydrogens (tertiary/aromatic N) is 1. The standard InChI is InChI=1S/C17H27NO7S2/c1-2-3-11-27(24,25)12-5-4-10-18(26(22)23)16(17(20)21)13-14-6-8-15(19)9-7-14/h6-9,16,19H,2-5,10-13H2,1H3,(H,20,21)(H,22,23)/p-1/t16-/m0/s1. The summed E-state index contributed by atoms with van der Waals surface area (Å²) in [6, 6.07) is 4.54. The predicted molar refractivity (Wildman–Crippen MR) is 102 cm³/mol. The minimum atomic E-state index is -3.16. The van der Waals surface area contributed by atoms with Crippen LogP contribution in [0.3, 0.4) is 0 Å². The number of aromatic hydroxyl groups is 1. The van der Waals surface area contributed by atoms with E-state index in [9.17, 15) is 32.2 Å². The van der Waals surface area contributed by atoms with Crippen LogP contribution in [0.1, 0.15) is 38.2 Å². The molecule has 27 heavy (non-hydrogen) atoms. The molecule has 0 radical (unpaired) electrons. The molecule has 154 valence electrons. The minimum Gasteiger partial charge on any atom is -0.760 e. The number of rotatable bonds is 13. The van der Waals surface area contributed by atoms with Gasteiger partial charge in [-0.25, -0.2) is 12.7 Å². The number of sulfone groups is 1. The number of carboxylic acid groups (broad SMARTS) is 1. The van der Waals surface area contributed by atoms with Gasteiger partial charge in [-0.2, -0.15) is 0 Å². The van der Waals surface area contributed by atoms with Gasteiger partial charge in [-0.3, -0.25) is 9.00 Å². The van der Waals surface area contributed by atoms with Crippen molar-refractivity contribution < 1.29 is 32.2 Å². The van der Waals surface area contributed by atoms with Crippen LogP contribution in [0.15, 0.2) is 24.3 Å². The molecule has 10 heteroatoms. The molecule has 1 unspecified atom stereocenters. The van der Waals surface area contributed by atoms with E-state index >= 15 is 0 Å². The van der Waals surface area contributed by atoms with Crippen LogP contribution in [0, 0.1) is 0 Å². The Morgan fingerprint density at radius 2 is 1.78 bits per heavy atom. The topological polar surface area (TPSA) is 135 Å². The summed E-state index contributed by atoms with van der Waals surface area (Å²) in [6.45, 7) is 1.82. The summed E-state index contributed by atoms with van der Waals surface area (Å²) < 4.78 is 47.5. The SMILES string of the molecule is CCCCS(=O)(=O)CCCCN([C@@H](Cc1ccc(O)cc1)C(=O)O)S(=O)[O-]. The van der Waals surface area contributed by atoms with Crippen LogP contribution in [0.2, 0.25) is 0 Å². The molecule has 0 aromatic heterocycles. The molecule has 2 N–H and O–H groups in total. The van der Waals surface area contributed by atoms with Crippen molar-refractivity contribution in [2.75, 3.05) is 18.1 Å². The van der Waals surface area contributed by atoms with Crippen LogP contribution in [0.5, 0.6) is 5.75 Å².